The van der Waals surface area contributed by atoms with Gasteiger partial charge in [0.25, 0.3) is 5.56 Å². The van der Waals surface area contributed by atoms with E-state index in [-0.39, 0.29) is 11.3 Å². The number of hydrogen-bond acceptors (Lipinski definition) is 7. The Bertz CT molecular complexity index is 1700. The molecule has 1 aliphatic carbocycles. The van der Waals surface area contributed by atoms with Crippen molar-refractivity contribution in [3.05, 3.63) is 99.7 Å². The summed E-state index contributed by atoms with van der Waals surface area (Å²) in [4.78, 5) is 37.9. The first-order valence-electron chi connectivity index (χ1n) is 13.5. The van der Waals surface area contributed by atoms with Gasteiger partial charge in [-0.1, -0.05) is 18.2 Å². The molecule has 0 unspecified atom stereocenters. The van der Waals surface area contributed by atoms with E-state index in [2.05, 4.69) is 28.0 Å². The van der Waals surface area contributed by atoms with Gasteiger partial charge in [0, 0.05) is 22.8 Å². The fourth-order valence-corrected chi connectivity index (χ4v) is 5.62. The minimum absolute atomic E-state index is 0.214. The summed E-state index contributed by atoms with van der Waals surface area (Å²) >= 11 is 0. The standard InChI is InChI=1S/C32H29N5O3/c1-20(37-29(38)9-8-26-28-14-22(16-33)6-7-27(28)31(39)30(26)37)23-4-3-5-24(15-23)32-34-17-25(18-35-32)40-19-21-10-12-36(2)13-11-21/h3-9,14-15,17-18,20-21H,10-13,19H2,1-2H3/t20-/m0/s1. The second-order valence-corrected chi connectivity index (χ2v) is 10.6. The fraction of sp³-hybridized carbons (Fsp3) is 0.281. The van der Waals surface area contributed by atoms with Crippen LogP contribution in [0.4, 0.5) is 0 Å². The topological polar surface area (TPSA) is 101 Å². The molecule has 8 nitrogen and oxygen atoms in total. The van der Waals surface area contributed by atoms with E-state index in [4.69, 9.17) is 4.74 Å². The maximum atomic E-state index is 13.4. The molecule has 1 atom stereocenters. The van der Waals surface area contributed by atoms with Crippen molar-refractivity contribution in [3.63, 3.8) is 0 Å². The van der Waals surface area contributed by atoms with Crippen LogP contribution < -0.4 is 10.3 Å². The molecule has 8 heteroatoms. The lowest BCUT2D eigenvalue weighted by Crippen LogP contribution is -2.32. The molecule has 0 bridgehead atoms. The number of hydrogen-bond donors (Lipinski definition) is 0. The average molecular weight is 532 g/mol. The van der Waals surface area contributed by atoms with Gasteiger partial charge in [0.05, 0.1) is 36.7 Å². The van der Waals surface area contributed by atoms with Crippen LogP contribution in [0.1, 0.15) is 53.0 Å². The largest absolute Gasteiger partial charge is 0.490 e. The van der Waals surface area contributed by atoms with E-state index in [1.54, 1.807) is 41.2 Å². The van der Waals surface area contributed by atoms with Crippen LogP contribution in [0.3, 0.4) is 0 Å². The number of aromatic nitrogens is 3. The van der Waals surface area contributed by atoms with E-state index in [0.717, 1.165) is 37.1 Å². The van der Waals surface area contributed by atoms with Crippen LogP contribution >= 0.6 is 0 Å². The molecule has 6 rings (SSSR count). The monoisotopic (exact) mass is 531 g/mol. The van der Waals surface area contributed by atoms with Gasteiger partial charge >= 0.3 is 0 Å². The molecule has 0 amide bonds. The summed E-state index contributed by atoms with van der Waals surface area (Å²) in [5, 5.41) is 9.33. The third kappa shape index (κ3) is 4.69. The minimum atomic E-state index is -0.423. The van der Waals surface area contributed by atoms with Crippen LogP contribution in [0.2, 0.25) is 0 Å². The second kappa shape index (κ2) is 10.5. The number of nitriles is 1. The number of benzene rings is 2. The zero-order valence-electron chi connectivity index (χ0n) is 22.5. The second-order valence-electron chi connectivity index (χ2n) is 10.6. The van der Waals surface area contributed by atoms with Gasteiger partial charge in [-0.15, -0.1) is 0 Å². The molecule has 1 fully saturated rings. The molecule has 2 aliphatic rings. The van der Waals surface area contributed by atoms with Crippen molar-refractivity contribution in [2.24, 2.45) is 5.92 Å². The van der Waals surface area contributed by atoms with Gasteiger partial charge in [-0.2, -0.15) is 5.26 Å². The van der Waals surface area contributed by atoms with Gasteiger partial charge in [0.1, 0.15) is 5.69 Å². The molecule has 0 radical (unpaired) electrons. The molecule has 1 aliphatic heterocycles. The summed E-state index contributed by atoms with van der Waals surface area (Å²) in [6, 6.07) is 17.6. The Kier molecular flexibility index (Phi) is 6.74. The van der Waals surface area contributed by atoms with Crippen molar-refractivity contribution in [2.75, 3.05) is 26.7 Å². The van der Waals surface area contributed by atoms with Crippen molar-refractivity contribution >= 4 is 5.78 Å². The number of fused-ring (bicyclic) bond motifs is 3. The van der Waals surface area contributed by atoms with E-state index in [0.29, 0.717) is 52.0 Å². The van der Waals surface area contributed by atoms with Crippen molar-refractivity contribution in [2.45, 2.75) is 25.8 Å². The van der Waals surface area contributed by atoms with E-state index in [1.807, 2.05) is 31.2 Å². The summed E-state index contributed by atoms with van der Waals surface area (Å²) in [5.74, 6) is 1.54. The summed E-state index contributed by atoms with van der Waals surface area (Å²) < 4.78 is 7.51. The summed E-state index contributed by atoms with van der Waals surface area (Å²) in [6.45, 7) is 4.76. The molecule has 2 aromatic carbocycles. The van der Waals surface area contributed by atoms with Crippen molar-refractivity contribution in [1.82, 2.24) is 19.4 Å². The van der Waals surface area contributed by atoms with Crippen LogP contribution in [-0.2, 0) is 0 Å². The summed E-state index contributed by atoms with van der Waals surface area (Å²) in [6.07, 6.45) is 5.67. The first kappa shape index (κ1) is 25.7. The maximum absolute atomic E-state index is 13.4. The number of ketones is 1. The minimum Gasteiger partial charge on any atom is -0.490 e. The zero-order chi connectivity index (χ0) is 27.8. The lowest BCUT2D eigenvalue weighted by atomic mass is 9.98. The van der Waals surface area contributed by atoms with Gasteiger partial charge in [0.2, 0.25) is 5.78 Å². The molecular weight excluding hydrogens is 502 g/mol. The van der Waals surface area contributed by atoms with Crippen LogP contribution in [0.25, 0.3) is 22.5 Å². The maximum Gasteiger partial charge on any atom is 0.251 e. The highest BCUT2D eigenvalue weighted by Gasteiger charge is 2.32. The van der Waals surface area contributed by atoms with Crippen molar-refractivity contribution in [3.8, 4) is 34.3 Å². The van der Waals surface area contributed by atoms with Gasteiger partial charge in [-0.05, 0) is 87.3 Å². The van der Waals surface area contributed by atoms with Crippen LogP contribution in [0.5, 0.6) is 5.75 Å². The molecule has 3 heterocycles. The number of piperidine rings is 1. The molecule has 0 N–H and O–H groups in total. The Morgan fingerprint density at radius 1 is 1.00 bits per heavy atom. The van der Waals surface area contributed by atoms with Gasteiger partial charge in [-0.25, -0.2) is 9.97 Å². The lowest BCUT2D eigenvalue weighted by molar-refractivity contribution is 0.103. The van der Waals surface area contributed by atoms with Crippen LogP contribution in [0.15, 0.2) is 71.8 Å². The van der Waals surface area contributed by atoms with Gasteiger partial charge in [0.15, 0.2) is 11.6 Å². The predicted octanol–water partition coefficient (Wildman–Crippen LogP) is 4.72. The third-order valence-corrected chi connectivity index (χ3v) is 7.99. The normalized spacial score (nSPS) is 15.8. The summed E-state index contributed by atoms with van der Waals surface area (Å²) in [5.41, 5.74) is 4.05. The van der Waals surface area contributed by atoms with Crippen molar-refractivity contribution in [1.29, 1.82) is 5.26 Å². The van der Waals surface area contributed by atoms with E-state index in [9.17, 15) is 14.9 Å². The Hall–Kier alpha value is -4.61. The molecule has 0 saturated carbocycles. The Labute approximate surface area is 232 Å². The van der Waals surface area contributed by atoms with E-state index >= 15 is 0 Å². The summed E-state index contributed by atoms with van der Waals surface area (Å²) in [7, 11) is 2.15. The number of rotatable bonds is 6. The number of ether oxygens (including phenoxy) is 1. The molecule has 4 aromatic rings. The molecule has 1 saturated heterocycles. The third-order valence-electron chi connectivity index (χ3n) is 7.99. The highest BCUT2D eigenvalue weighted by atomic mass is 16.5. The zero-order valence-corrected chi connectivity index (χ0v) is 22.5. The molecular formula is C32H29N5O3. The first-order valence-corrected chi connectivity index (χ1v) is 13.5. The lowest BCUT2D eigenvalue weighted by Gasteiger charge is -2.28. The van der Waals surface area contributed by atoms with Crippen LogP contribution in [-0.4, -0.2) is 52.0 Å². The Balaban J connectivity index is 1.25. The average Bonchev–Trinajstić information content (AvgIpc) is 3.27. The molecule has 200 valence electrons. The van der Waals surface area contributed by atoms with Crippen LogP contribution in [0, 0.1) is 17.2 Å². The predicted molar refractivity (Wildman–Crippen MR) is 151 cm³/mol. The molecule has 2 aromatic heterocycles. The number of carbonyl (C=O) groups is 1. The fourth-order valence-electron chi connectivity index (χ4n) is 5.62. The molecule has 40 heavy (non-hydrogen) atoms. The number of pyridine rings is 1. The van der Waals surface area contributed by atoms with Gasteiger partial charge < -0.3 is 9.64 Å². The highest BCUT2D eigenvalue weighted by Crippen LogP contribution is 2.38. The quantitative estimate of drug-likeness (QED) is 0.313. The first-order chi connectivity index (χ1) is 19.4. The van der Waals surface area contributed by atoms with E-state index < -0.39 is 6.04 Å². The SMILES string of the molecule is C[C@@H](c1cccc(-c2ncc(OCC3CCN(C)CC3)cn2)c1)n1c2c(ccc1=O)-c1cc(C#N)ccc1C2=O. The smallest absolute Gasteiger partial charge is 0.251 e. The number of likely N-dealkylation sites (tertiary alicyclic amines) is 1. The Morgan fingerprint density at radius 2 is 1.75 bits per heavy atom. The highest BCUT2D eigenvalue weighted by molar-refractivity contribution is 6.20. The number of carbonyl (C=O) groups excluding carboxylic acids is 1. The Morgan fingerprint density at radius 3 is 2.50 bits per heavy atom. The van der Waals surface area contributed by atoms with Crippen molar-refractivity contribution < 1.29 is 9.53 Å². The van der Waals surface area contributed by atoms with E-state index in [1.165, 1.54) is 6.07 Å². The molecule has 0 spiro atoms. The number of nitrogens with zero attached hydrogens (tertiary/aromatic N) is 5. The van der Waals surface area contributed by atoms with Gasteiger partial charge in [-0.3, -0.25) is 14.2 Å².